The number of anilines is 1. The Bertz CT molecular complexity index is 575. The topological polar surface area (TPSA) is 40.6 Å². The van der Waals surface area contributed by atoms with Crippen LogP contribution in [0.4, 0.5) is 5.69 Å². The molecule has 1 aliphatic rings. The standard InChI is InChI=1S/C18H26N2O2/c1-13-8-6-7-9-15(13)20-11-10-19(14(2)17(20)22)16(21)12-18(3,4)5/h6-9,14H,10-12H2,1-5H3/t14-/m1/s1. The molecule has 4 heteroatoms. The molecule has 120 valence electrons. The van der Waals surface area contributed by atoms with E-state index in [9.17, 15) is 9.59 Å². The van der Waals surface area contributed by atoms with Crippen LogP contribution >= 0.6 is 0 Å². The molecule has 0 saturated carbocycles. The van der Waals surface area contributed by atoms with Crippen molar-refractivity contribution in [2.75, 3.05) is 18.0 Å². The predicted molar refractivity (Wildman–Crippen MR) is 88.8 cm³/mol. The van der Waals surface area contributed by atoms with Crippen LogP contribution in [0.3, 0.4) is 0 Å². The quantitative estimate of drug-likeness (QED) is 0.842. The minimum absolute atomic E-state index is 0.00260. The second-order valence-corrected chi connectivity index (χ2v) is 7.28. The van der Waals surface area contributed by atoms with E-state index in [4.69, 9.17) is 0 Å². The van der Waals surface area contributed by atoms with Gasteiger partial charge in [0.05, 0.1) is 0 Å². The predicted octanol–water partition coefficient (Wildman–Crippen LogP) is 2.99. The van der Waals surface area contributed by atoms with Gasteiger partial charge in [-0.1, -0.05) is 39.0 Å². The van der Waals surface area contributed by atoms with Crippen molar-refractivity contribution in [3.05, 3.63) is 29.8 Å². The van der Waals surface area contributed by atoms with Gasteiger partial charge in [-0.05, 0) is 30.9 Å². The van der Waals surface area contributed by atoms with E-state index in [1.807, 2.05) is 58.9 Å². The van der Waals surface area contributed by atoms with Crippen LogP contribution < -0.4 is 4.90 Å². The van der Waals surface area contributed by atoms with E-state index >= 15 is 0 Å². The third kappa shape index (κ3) is 3.49. The largest absolute Gasteiger partial charge is 0.329 e. The monoisotopic (exact) mass is 302 g/mol. The molecule has 0 aliphatic carbocycles. The van der Waals surface area contributed by atoms with E-state index in [2.05, 4.69) is 0 Å². The van der Waals surface area contributed by atoms with Gasteiger partial charge in [0.15, 0.2) is 0 Å². The fourth-order valence-corrected chi connectivity index (χ4v) is 2.87. The number of amides is 2. The number of rotatable bonds is 2. The van der Waals surface area contributed by atoms with Crippen LogP contribution in [0, 0.1) is 12.3 Å². The van der Waals surface area contributed by atoms with Gasteiger partial charge >= 0.3 is 0 Å². The Morgan fingerprint density at radius 2 is 1.86 bits per heavy atom. The molecule has 1 aromatic rings. The Hall–Kier alpha value is -1.84. The van der Waals surface area contributed by atoms with Crippen molar-refractivity contribution in [3.63, 3.8) is 0 Å². The van der Waals surface area contributed by atoms with Gasteiger partial charge in [0.1, 0.15) is 6.04 Å². The molecule has 1 heterocycles. The molecule has 0 aromatic heterocycles. The Morgan fingerprint density at radius 3 is 2.45 bits per heavy atom. The molecule has 0 spiro atoms. The molecule has 2 rings (SSSR count). The summed E-state index contributed by atoms with van der Waals surface area (Å²) in [6.45, 7) is 11.1. The third-order valence-corrected chi connectivity index (χ3v) is 4.06. The fraction of sp³-hybridized carbons (Fsp3) is 0.556. The maximum atomic E-state index is 12.7. The molecule has 0 N–H and O–H groups in total. The molecule has 0 unspecified atom stereocenters. The molecular formula is C18H26N2O2. The molecule has 1 fully saturated rings. The summed E-state index contributed by atoms with van der Waals surface area (Å²) in [6, 6.07) is 7.48. The summed E-state index contributed by atoms with van der Waals surface area (Å²) in [5.74, 6) is 0.0700. The van der Waals surface area contributed by atoms with Crippen LogP contribution in [0.15, 0.2) is 24.3 Å². The first-order valence-electron chi connectivity index (χ1n) is 7.87. The van der Waals surface area contributed by atoms with Crippen molar-refractivity contribution >= 4 is 17.5 Å². The Kier molecular flexibility index (Phi) is 4.59. The van der Waals surface area contributed by atoms with Crippen molar-refractivity contribution in [2.45, 2.75) is 47.1 Å². The lowest BCUT2D eigenvalue weighted by Crippen LogP contribution is -2.58. The summed E-state index contributed by atoms with van der Waals surface area (Å²) in [4.78, 5) is 28.7. The van der Waals surface area contributed by atoms with Gasteiger partial charge in [-0.3, -0.25) is 9.59 Å². The minimum Gasteiger partial charge on any atom is -0.329 e. The summed E-state index contributed by atoms with van der Waals surface area (Å²) < 4.78 is 0. The summed E-state index contributed by atoms with van der Waals surface area (Å²) in [5, 5.41) is 0. The number of benzene rings is 1. The van der Waals surface area contributed by atoms with E-state index in [-0.39, 0.29) is 17.2 Å². The van der Waals surface area contributed by atoms with Crippen molar-refractivity contribution in [1.82, 2.24) is 4.90 Å². The summed E-state index contributed by atoms with van der Waals surface area (Å²) in [6.07, 6.45) is 0.467. The van der Waals surface area contributed by atoms with Crippen LogP contribution in [-0.4, -0.2) is 35.8 Å². The number of carbonyl (C=O) groups is 2. The number of aryl methyl sites for hydroxylation is 1. The van der Waals surface area contributed by atoms with E-state index < -0.39 is 6.04 Å². The fourth-order valence-electron chi connectivity index (χ4n) is 2.87. The van der Waals surface area contributed by atoms with Crippen molar-refractivity contribution in [3.8, 4) is 0 Å². The van der Waals surface area contributed by atoms with E-state index in [1.54, 1.807) is 9.80 Å². The van der Waals surface area contributed by atoms with Gasteiger partial charge in [0.25, 0.3) is 0 Å². The van der Waals surface area contributed by atoms with Crippen LogP contribution in [0.2, 0.25) is 0 Å². The average molecular weight is 302 g/mol. The van der Waals surface area contributed by atoms with Gasteiger partial charge in [-0.15, -0.1) is 0 Å². The lowest BCUT2D eigenvalue weighted by molar-refractivity contribution is -0.142. The smallest absolute Gasteiger partial charge is 0.249 e. The number of hydrogen-bond donors (Lipinski definition) is 0. The molecule has 1 aromatic carbocycles. The summed E-state index contributed by atoms with van der Waals surface area (Å²) >= 11 is 0. The van der Waals surface area contributed by atoms with Crippen LogP contribution in [0.1, 0.15) is 39.7 Å². The number of piperazine rings is 1. The van der Waals surface area contributed by atoms with Gasteiger partial charge in [0, 0.05) is 25.2 Å². The highest BCUT2D eigenvalue weighted by Gasteiger charge is 2.36. The van der Waals surface area contributed by atoms with Gasteiger partial charge < -0.3 is 9.80 Å². The third-order valence-electron chi connectivity index (χ3n) is 4.06. The molecule has 1 aliphatic heterocycles. The molecule has 22 heavy (non-hydrogen) atoms. The maximum absolute atomic E-state index is 12.7. The number of hydrogen-bond acceptors (Lipinski definition) is 2. The highest BCUT2D eigenvalue weighted by molar-refractivity contribution is 6.00. The summed E-state index contributed by atoms with van der Waals surface area (Å²) in [7, 11) is 0. The molecule has 1 atom stereocenters. The first kappa shape index (κ1) is 16.5. The Morgan fingerprint density at radius 1 is 1.23 bits per heavy atom. The normalized spacial score (nSPS) is 19.5. The first-order valence-corrected chi connectivity index (χ1v) is 7.87. The van der Waals surface area contributed by atoms with E-state index in [0.29, 0.717) is 19.5 Å². The zero-order chi connectivity index (χ0) is 16.5. The molecule has 2 amide bonds. The second-order valence-electron chi connectivity index (χ2n) is 7.28. The van der Waals surface area contributed by atoms with Crippen molar-refractivity contribution in [1.29, 1.82) is 0 Å². The van der Waals surface area contributed by atoms with Crippen molar-refractivity contribution in [2.24, 2.45) is 5.41 Å². The molecule has 0 bridgehead atoms. The zero-order valence-corrected chi connectivity index (χ0v) is 14.2. The molecular weight excluding hydrogens is 276 g/mol. The minimum atomic E-state index is -0.400. The SMILES string of the molecule is Cc1ccccc1N1CCN(C(=O)CC(C)(C)C)[C@H](C)C1=O. The van der Waals surface area contributed by atoms with E-state index in [1.165, 1.54) is 0 Å². The summed E-state index contributed by atoms with van der Waals surface area (Å²) in [5.41, 5.74) is 1.97. The van der Waals surface area contributed by atoms with Crippen LogP contribution in [-0.2, 0) is 9.59 Å². The first-order chi connectivity index (χ1) is 10.2. The molecule has 1 saturated heterocycles. The van der Waals surface area contributed by atoms with Crippen LogP contribution in [0.5, 0.6) is 0 Å². The van der Waals surface area contributed by atoms with Gasteiger partial charge in [-0.25, -0.2) is 0 Å². The zero-order valence-electron chi connectivity index (χ0n) is 14.2. The Balaban J connectivity index is 2.15. The van der Waals surface area contributed by atoms with Gasteiger partial charge in [-0.2, -0.15) is 0 Å². The Labute approximate surface area is 133 Å². The van der Waals surface area contributed by atoms with E-state index in [0.717, 1.165) is 11.3 Å². The lowest BCUT2D eigenvalue weighted by atomic mass is 9.91. The average Bonchev–Trinajstić information content (AvgIpc) is 2.41. The second kappa shape index (κ2) is 6.11. The molecule has 4 nitrogen and oxygen atoms in total. The van der Waals surface area contributed by atoms with Crippen molar-refractivity contribution < 1.29 is 9.59 Å². The maximum Gasteiger partial charge on any atom is 0.249 e. The number of nitrogens with zero attached hydrogens (tertiary/aromatic N) is 2. The molecule has 0 radical (unpaired) electrons. The number of carbonyl (C=O) groups excluding carboxylic acids is 2. The van der Waals surface area contributed by atoms with Crippen LogP contribution in [0.25, 0.3) is 0 Å². The highest BCUT2D eigenvalue weighted by atomic mass is 16.2. The highest BCUT2D eigenvalue weighted by Crippen LogP contribution is 2.26. The lowest BCUT2D eigenvalue weighted by Gasteiger charge is -2.40. The van der Waals surface area contributed by atoms with Gasteiger partial charge in [0.2, 0.25) is 11.8 Å². The number of para-hydroxylation sites is 1.